The SMILES string of the molecule is O=C(c1ccsc1)C1CCCCCCC1. The summed E-state index contributed by atoms with van der Waals surface area (Å²) in [7, 11) is 0. The van der Waals surface area contributed by atoms with Crippen molar-refractivity contribution in [1.82, 2.24) is 0 Å². The molecule has 2 rings (SSSR count). The molecule has 0 spiro atoms. The van der Waals surface area contributed by atoms with Gasteiger partial charge < -0.3 is 0 Å². The van der Waals surface area contributed by atoms with Gasteiger partial charge in [0.05, 0.1) is 0 Å². The minimum atomic E-state index is 0.305. The van der Waals surface area contributed by atoms with E-state index >= 15 is 0 Å². The van der Waals surface area contributed by atoms with Crippen LogP contribution in [-0.4, -0.2) is 5.78 Å². The number of ketones is 1. The summed E-state index contributed by atoms with van der Waals surface area (Å²) < 4.78 is 0. The largest absolute Gasteiger partial charge is 0.294 e. The first-order valence-corrected chi connectivity index (χ1v) is 6.88. The minimum absolute atomic E-state index is 0.305. The molecule has 1 fully saturated rings. The van der Waals surface area contributed by atoms with Crippen LogP contribution in [0, 0.1) is 5.92 Å². The topological polar surface area (TPSA) is 17.1 Å². The standard InChI is InChI=1S/C13H18OS/c14-13(12-8-9-15-10-12)11-6-4-2-1-3-5-7-11/h8-11H,1-7H2. The highest BCUT2D eigenvalue weighted by Crippen LogP contribution is 2.26. The van der Waals surface area contributed by atoms with Crippen molar-refractivity contribution in [2.75, 3.05) is 0 Å². The molecule has 82 valence electrons. The first-order valence-electron chi connectivity index (χ1n) is 5.94. The van der Waals surface area contributed by atoms with E-state index in [1.54, 1.807) is 11.3 Å². The molecule has 1 aromatic heterocycles. The van der Waals surface area contributed by atoms with Crippen molar-refractivity contribution in [2.45, 2.75) is 44.9 Å². The number of carbonyl (C=O) groups excluding carboxylic acids is 1. The Morgan fingerprint density at radius 2 is 1.80 bits per heavy atom. The Bertz CT molecular complexity index is 294. The van der Waals surface area contributed by atoms with E-state index in [4.69, 9.17) is 0 Å². The quantitative estimate of drug-likeness (QED) is 0.682. The molecular formula is C13H18OS. The first-order chi connectivity index (χ1) is 7.38. The number of Topliss-reactive ketones (excluding diaryl/α,β-unsaturated/α-hetero) is 1. The maximum absolute atomic E-state index is 12.1. The smallest absolute Gasteiger partial charge is 0.166 e. The molecule has 2 heteroatoms. The molecule has 1 nitrogen and oxygen atoms in total. The van der Waals surface area contributed by atoms with Gasteiger partial charge in [-0.3, -0.25) is 4.79 Å². The third-order valence-electron chi connectivity index (χ3n) is 3.28. The van der Waals surface area contributed by atoms with Crippen molar-refractivity contribution in [1.29, 1.82) is 0 Å². The number of hydrogen-bond acceptors (Lipinski definition) is 2. The van der Waals surface area contributed by atoms with Gasteiger partial charge in [0, 0.05) is 16.9 Å². The van der Waals surface area contributed by atoms with Crippen molar-refractivity contribution < 1.29 is 4.79 Å². The molecule has 0 radical (unpaired) electrons. The van der Waals surface area contributed by atoms with Crippen LogP contribution in [0.2, 0.25) is 0 Å². The number of carbonyl (C=O) groups is 1. The number of hydrogen-bond donors (Lipinski definition) is 0. The lowest BCUT2D eigenvalue weighted by Gasteiger charge is -2.17. The molecule has 0 aromatic carbocycles. The second kappa shape index (κ2) is 5.45. The van der Waals surface area contributed by atoms with E-state index in [-0.39, 0.29) is 0 Å². The van der Waals surface area contributed by atoms with Gasteiger partial charge >= 0.3 is 0 Å². The van der Waals surface area contributed by atoms with Gasteiger partial charge in [0.25, 0.3) is 0 Å². The van der Waals surface area contributed by atoms with Crippen molar-refractivity contribution in [2.24, 2.45) is 5.92 Å². The molecule has 0 bridgehead atoms. The highest BCUT2D eigenvalue weighted by atomic mass is 32.1. The predicted molar refractivity (Wildman–Crippen MR) is 64.5 cm³/mol. The monoisotopic (exact) mass is 222 g/mol. The molecule has 15 heavy (non-hydrogen) atoms. The average molecular weight is 222 g/mol. The fourth-order valence-electron chi connectivity index (χ4n) is 2.36. The predicted octanol–water partition coefficient (Wildman–Crippen LogP) is 4.29. The van der Waals surface area contributed by atoms with Gasteiger partial charge in [-0.15, -0.1) is 0 Å². The summed E-state index contributed by atoms with van der Waals surface area (Å²) >= 11 is 1.62. The van der Waals surface area contributed by atoms with E-state index in [1.807, 2.05) is 16.8 Å². The Hall–Kier alpha value is -0.630. The molecule has 1 aliphatic carbocycles. The van der Waals surface area contributed by atoms with E-state index in [0.29, 0.717) is 11.7 Å². The Morgan fingerprint density at radius 1 is 1.13 bits per heavy atom. The van der Waals surface area contributed by atoms with Crippen LogP contribution in [0.15, 0.2) is 16.8 Å². The first kappa shape index (κ1) is 10.9. The average Bonchev–Trinajstić information content (AvgIpc) is 2.68. The summed E-state index contributed by atoms with van der Waals surface area (Å²) in [6, 6.07) is 1.96. The zero-order chi connectivity index (χ0) is 10.5. The zero-order valence-electron chi connectivity index (χ0n) is 9.08. The van der Waals surface area contributed by atoms with Gasteiger partial charge in [-0.1, -0.05) is 32.1 Å². The molecule has 1 aromatic rings. The van der Waals surface area contributed by atoms with Crippen LogP contribution in [0.5, 0.6) is 0 Å². The van der Waals surface area contributed by atoms with E-state index < -0.39 is 0 Å². The van der Waals surface area contributed by atoms with E-state index in [1.165, 1.54) is 32.1 Å². The number of thiophene rings is 1. The second-order valence-corrected chi connectivity index (χ2v) is 5.20. The summed E-state index contributed by atoms with van der Waals surface area (Å²) in [5.41, 5.74) is 0.936. The van der Waals surface area contributed by atoms with Crippen LogP contribution >= 0.6 is 11.3 Å². The summed E-state index contributed by atoms with van der Waals surface area (Å²) in [5.74, 6) is 0.693. The highest BCUT2D eigenvalue weighted by molar-refractivity contribution is 7.08. The Balaban J connectivity index is 1.98. The Labute approximate surface area is 95.5 Å². The highest BCUT2D eigenvalue weighted by Gasteiger charge is 2.20. The molecule has 0 unspecified atom stereocenters. The Morgan fingerprint density at radius 3 is 2.40 bits per heavy atom. The third kappa shape index (κ3) is 2.91. The van der Waals surface area contributed by atoms with Gasteiger partial charge in [0.1, 0.15) is 0 Å². The van der Waals surface area contributed by atoms with Crippen LogP contribution in [-0.2, 0) is 0 Å². The lowest BCUT2D eigenvalue weighted by Crippen LogP contribution is -2.15. The van der Waals surface area contributed by atoms with Crippen molar-refractivity contribution in [3.05, 3.63) is 22.4 Å². The molecule has 0 aliphatic heterocycles. The minimum Gasteiger partial charge on any atom is -0.294 e. The maximum Gasteiger partial charge on any atom is 0.166 e. The molecule has 1 heterocycles. The molecule has 0 amide bonds. The van der Waals surface area contributed by atoms with E-state index in [9.17, 15) is 4.79 Å². The van der Waals surface area contributed by atoms with Crippen LogP contribution in [0.3, 0.4) is 0 Å². The van der Waals surface area contributed by atoms with Crippen LogP contribution in [0.1, 0.15) is 55.3 Å². The molecule has 1 aliphatic rings. The van der Waals surface area contributed by atoms with Gasteiger partial charge in [0.15, 0.2) is 5.78 Å². The van der Waals surface area contributed by atoms with Crippen molar-refractivity contribution in [3.63, 3.8) is 0 Å². The van der Waals surface area contributed by atoms with E-state index in [2.05, 4.69) is 0 Å². The molecule has 1 saturated carbocycles. The fourth-order valence-corrected chi connectivity index (χ4v) is 3.00. The summed E-state index contributed by atoms with van der Waals surface area (Å²) in [5, 5.41) is 3.98. The molecule has 0 N–H and O–H groups in total. The maximum atomic E-state index is 12.1. The summed E-state index contributed by atoms with van der Waals surface area (Å²) in [6.45, 7) is 0. The van der Waals surface area contributed by atoms with E-state index in [0.717, 1.165) is 18.4 Å². The van der Waals surface area contributed by atoms with Gasteiger partial charge in [-0.2, -0.15) is 11.3 Å². The third-order valence-corrected chi connectivity index (χ3v) is 3.96. The summed E-state index contributed by atoms with van der Waals surface area (Å²) in [6.07, 6.45) is 8.67. The van der Waals surface area contributed by atoms with Crippen LogP contribution in [0.25, 0.3) is 0 Å². The summed E-state index contributed by atoms with van der Waals surface area (Å²) in [4.78, 5) is 12.1. The number of rotatable bonds is 2. The molecule has 0 saturated heterocycles. The van der Waals surface area contributed by atoms with Gasteiger partial charge in [-0.05, 0) is 24.3 Å². The Kier molecular flexibility index (Phi) is 3.95. The normalized spacial score (nSPS) is 19.5. The second-order valence-electron chi connectivity index (χ2n) is 4.42. The molecular weight excluding hydrogens is 204 g/mol. The molecule has 0 atom stereocenters. The lowest BCUT2D eigenvalue weighted by atomic mass is 9.86. The van der Waals surface area contributed by atoms with Crippen LogP contribution in [0.4, 0.5) is 0 Å². The fraction of sp³-hybridized carbons (Fsp3) is 0.615. The van der Waals surface area contributed by atoms with Gasteiger partial charge in [0.2, 0.25) is 0 Å². The van der Waals surface area contributed by atoms with Crippen LogP contribution < -0.4 is 0 Å². The van der Waals surface area contributed by atoms with Gasteiger partial charge in [-0.25, -0.2) is 0 Å². The van der Waals surface area contributed by atoms with Crippen molar-refractivity contribution in [3.8, 4) is 0 Å². The lowest BCUT2D eigenvalue weighted by molar-refractivity contribution is 0.0899. The zero-order valence-corrected chi connectivity index (χ0v) is 9.89. The van der Waals surface area contributed by atoms with Crippen molar-refractivity contribution >= 4 is 17.1 Å².